The van der Waals surface area contributed by atoms with Crippen molar-refractivity contribution in [1.82, 2.24) is 0 Å². The van der Waals surface area contributed by atoms with Crippen molar-refractivity contribution in [3.63, 3.8) is 0 Å². The minimum atomic E-state index is 0.508. The summed E-state index contributed by atoms with van der Waals surface area (Å²) in [5.74, 6) is 1.34. The van der Waals surface area contributed by atoms with E-state index in [-0.39, 0.29) is 0 Å². The quantitative estimate of drug-likeness (QED) is 0.759. The van der Waals surface area contributed by atoms with E-state index in [9.17, 15) is 0 Å². The number of thiocarbonyl (C=S) groups is 1. The van der Waals surface area contributed by atoms with Crippen LogP contribution in [0, 0.1) is 6.92 Å². The Morgan fingerprint density at radius 2 is 1.73 bits per heavy atom. The standard InChI is InChI=1S/C16H17BrN2O2S/c1-10-7-14(20-2)15(21-3)9-13(10)19-16(22)18-12-6-4-5-11(17)8-12/h4-9H,1-3H3,(H2,18,19,22). The number of aryl methyl sites for hydroxylation is 1. The van der Waals surface area contributed by atoms with Crippen LogP contribution in [-0.2, 0) is 0 Å². The number of rotatable bonds is 4. The predicted octanol–water partition coefficient (Wildman–Crippen LogP) is 4.58. The maximum Gasteiger partial charge on any atom is 0.175 e. The van der Waals surface area contributed by atoms with E-state index in [0.717, 1.165) is 21.4 Å². The van der Waals surface area contributed by atoms with Gasteiger partial charge in [0.2, 0.25) is 0 Å². The molecule has 0 aromatic heterocycles. The van der Waals surface area contributed by atoms with Gasteiger partial charge in [0.15, 0.2) is 16.6 Å². The van der Waals surface area contributed by atoms with Crippen LogP contribution in [0.15, 0.2) is 40.9 Å². The van der Waals surface area contributed by atoms with Crippen LogP contribution in [-0.4, -0.2) is 19.3 Å². The maximum absolute atomic E-state index is 5.35. The molecule has 0 atom stereocenters. The summed E-state index contributed by atoms with van der Waals surface area (Å²) in [6.45, 7) is 1.98. The molecule has 0 spiro atoms. The van der Waals surface area contributed by atoms with Crippen molar-refractivity contribution in [1.29, 1.82) is 0 Å². The molecule has 0 bridgehead atoms. The van der Waals surface area contributed by atoms with Crippen molar-refractivity contribution >= 4 is 44.6 Å². The first kappa shape index (κ1) is 16.6. The first-order chi connectivity index (χ1) is 10.5. The van der Waals surface area contributed by atoms with Crippen molar-refractivity contribution in [2.75, 3.05) is 24.9 Å². The fourth-order valence-corrected chi connectivity index (χ4v) is 2.59. The number of benzene rings is 2. The lowest BCUT2D eigenvalue weighted by atomic mass is 10.1. The Hall–Kier alpha value is -1.79. The van der Waals surface area contributed by atoms with E-state index in [0.29, 0.717) is 16.6 Å². The zero-order chi connectivity index (χ0) is 16.1. The fourth-order valence-electron chi connectivity index (χ4n) is 1.97. The lowest BCUT2D eigenvalue weighted by molar-refractivity contribution is 0.355. The van der Waals surface area contributed by atoms with E-state index in [1.807, 2.05) is 43.3 Å². The highest BCUT2D eigenvalue weighted by atomic mass is 79.9. The van der Waals surface area contributed by atoms with Gasteiger partial charge in [-0.05, 0) is 49.0 Å². The van der Waals surface area contributed by atoms with Gasteiger partial charge in [-0.3, -0.25) is 0 Å². The maximum atomic E-state index is 5.35. The number of nitrogens with one attached hydrogen (secondary N) is 2. The molecule has 6 heteroatoms. The van der Waals surface area contributed by atoms with Gasteiger partial charge in [0.25, 0.3) is 0 Å². The summed E-state index contributed by atoms with van der Waals surface area (Å²) in [5.41, 5.74) is 2.78. The zero-order valence-corrected chi connectivity index (χ0v) is 15.0. The van der Waals surface area contributed by atoms with Crippen LogP contribution in [0.5, 0.6) is 11.5 Å². The number of methoxy groups -OCH3 is 2. The van der Waals surface area contributed by atoms with E-state index < -0.39 is 0 Å². The van der Waals surface area contributed by atoms with Crippen LogP contribution >= 0.6 is 28.1 Å². The molecule has 4 nitrogen and oxygen atoms in total. The lowest BCUT2D eigenvalue weighted by Gasteiger charge is -2.15. The number of halogens is 1. The third-order valence-electron chi connectivity index (χ3n) is 3.06. The SMILES string of the molecule is COc1cc(C)c(NC(=S)Nc2cccc(Br)c2)cc1OC. The summed E-state index contributed by atoms with van der Waals surface area (Å²) >= 11 is 8.78. The lowest BCUT2D eigenvalue weighted by Crippen LogP contribution is -2.19. The molecular formula is C16H17BrN2O2S. The van der Waals surface area contributed by atoms with Gasteiger partial charge in [-0.2, -0.15) is 0 Å². The fraction of sp³-hybridized carbons (Fsp3) is 0.188. The minimum absolute atomic E-state index is 0.508. The molecule has 0 radical (unpaired) electrons. The highest BCUT2D eigenvalue weighted by Crippen LogP contribution is 2.33. The van der Waals surface area contributed by atoms with Crippen molar-refractivity contribution in [2.24, 2.45) is 0 Å². The van der Waals surface area contributed by atoms with Crippen molar-refractivity contribution in [2.45, 2.75) is 6.92 Å². The molecule has 0 saturated heterocycles. The predicted molar refractivity (Wildman–Crippen MR) is 98.3 cm³/mol. The van der Waals surface area contributed by atoms with Crippen LogP contribution in [0.25, 0.3) is 0 Å². The number of ether oxygens (including phenoxy) is 2. The molecule has 2 rings (SSSR count). The van der Waals surface area contributed by atoms with Gasteiger partial charge in [-0.1, -0.05) is 22.0 Å². The molecule has 0 fully saturated rings. The molecule has 0 heterocycles. The van der Waals surface area contributed by atoms with Crippen molar-refractivity contribution in [3.05, 3.63) is 46.4 Å². The molecule has 22 heavy (non-hydrogen) atoms. The molecule has 0 unspecified atom stereocenters. The highest BCUT2D eigenvalue weighted by Gasteiger charge is 2.09. The first-order valence-corrected chi connectivity index (χ1v) is 7.80. The van der Waals surface area contributed by atoms with Crippen LogP contribution in [0.3, 0.4) is 0 Å². The second-order valence-corrected chi connectivity index (χ2v) is 5.94. The van der Waals surface area contributed by atoms with Gasteiger partial charge < -0.3 is 20.1 Å². The Labute approximate surface area is 144 Å². The largest absolute Gasteiger partial charge is 0.493 e. The minimum Gasteiger partial charge on any atom is -0.493 e. The zero-order valence-electron chi connectivity index (χ0n) is 12.6. The van der Waals surface area contributed by atoms with Crippen LogP contribution in [0.2, 0.25) is 0 Å². The molecule has 0 saturated carbocycles. The average Bonchev–Trinajstić information content (AvgIpc) is 2.48. The molecule has 2 aromatic rings. The molecule has 116 valence electrons. The molecule has 0 amide bonds. The smallest absolute Gasteiger partial charge is 0.175 e. The second-order valence-electron chi connectivity index (χ2n) is 4.61. The number of hydrogen-bond donors (Lipinski definition) is 2. The van der Waals surface area contributed by atoms with Gasteiger partial charge in [0.05, 0.1) is 14.2 Å². The van der Waals surface area contributed by atoms with Gasteiger partial charge in [-0.15, -0.1) is 0 Å². The highest BCUT2D eigenvalue weighted by molar-refractivity contribution is 9.10. The normalized spacial score (nSPS) is 10.0. The summed E-state index contributed by atoms with van der Waals surface area (Å²) in [7, 11) is 3.22. The number of anilines is 2. The summed E-state index contributed by atoms with van der Waals surface area (Å²) in [6.07, 6.45) is 0. The van der Waals surface area contributed by atoms with Gasteiger partial charge >= 0.3 is 0 Å². The Bertz CT molecular complexity index is 692. The monoisotopic (exact) mass is 380 g/mol. The van der Waals surface area contributed by atoms with Crippen LogP contribution in [0.4, 0.5) is 11.4 Å². The van der Waals surface area contributed by atoms with E-state index >= 15 is 0 Å². The molecule has 0 aliphatic rings. The topological polar surface area (TPSA) is 42.5 Å². The van der Waals surface area contributed by atoms with E-state index in [4.69, 9.17) is 21.7 Å². The van der Waals surface area contributed by atoms with Gasteiger partial charge in [-0.25, -0.2) is 0 Å². The Morgan fingerprint density at radius 1 is 1.05 bits per heavy atom. The Kier molecular flexibility index (Phi) is 5.63. The average molecular weight is 381 g/mol. The molecule has 2 aromatic carbocycles. The molecule has 0 aliphatic carbocycles. The molecule has 0 aliphatic heterocycles. The van der Waals surface area contributed by atoms with Crippen molar-refractivity contribution in [3.8, 4) is 11.5 Å². The van der Waals surface area contributed by atoms with Crippen molar-refractivity contribution < 1.29 is 9.47 Å². The molecule has 2 N–H and O–H groups in total. The summed E-state index contributed by atoms with van der Waals surface area (Å²) in [5, 5.41) is 6.82. The van der Waals surface area contributed by atoms with E-state index in [1.165, 1.54) is 0 Å². The third-order valence-corrected chi connectivity index (χ3v) is 3.76. The second kappa shape index (κ2) is 7.47. The van der Waals surface area contributed by atoms with Crippen LogP contribution < -0.4 is 20.1 Å². The number of hydrogen-bond acceptors (Lipinski definition) is 3. The Morgan fingerprint density at radius 3 is 2.36 bits per heavy atom. The van der Waals surface area contributed by atoms with Gasteiger partial charge in [0.1, 0.15) is 0 Å². The summed E-state index contributed by atoms with van der Waals surface area (Å²) < 4.78 is 11.6. The van der Waals surface area contributed by atoms with E-state index in [2.05, 4.69) is 26.6 Å². The summed E-state index contributed by atoms with van der Waals surface area (Å²) in [4.78, 5) is 0. The molecular weight excluding hydrogens is 364 g/mol. The summed E-state index contributed by atoms with van der Waals surface area (Å²) in [6, 6.07) is 11.6. The third kappa shape index (κ3) is 4.11. The first-order valence-electron chi connectivity index (χ1n) is 6.59. The van der Waals surface area contributed by atoms with E-state index in [1.54, 1.807) is 14.2 Å². The van der Waals surface area contributed by atoms with Gasteiger partial charge in [0, 0.05) is 21.9 Å². The van der Waals surface area contributed by atoms with Crippen LogP contribution in [0.1, 0.15) is 5.56 Å². The Balaban J connectivity index is 2.14.